The number of carbonyl (C=O) groups is 1. The van der Waals surface area contributed by atoms with E-state index >= 15 is 0 Å². The van der Waals surface area contributed by atoms with E-state index in [0.29, 0.717) is 49.9 Å². The Morgan fingerprint density at radius 2 is 1.64 bits per heavy atom. The Balaban J connectivity index is 1.39. The summed E-state index contributed by atoms with van der Waals surface area (Å²) in [5, 5.41) is 2.84. The van der Waals surface area contributed by atoms with Crippen molar-refractivity contribution >= 4 is 15.9 Å². The van der Waals surface area contributed by atoms with Crippen LogP contribution in [-0.2, 0) is 16.6 Å². The summed E-state index contributed by atoms with van der Waals surface area (Å²) in [6.07, 6.45) is 1.81. The summed E-state index contributed by atoms with van der Waals surface area (Å²) in [7, 11) is -3.42. The number of sulfonamides is 1. The maximum atomic E-state index is 12.5. The Morgan fingerprint density at radius 1 is 0.964 bits per heavy atom. The zero-order chi connectivity index (χ0) is 19.6. The average molecular weight is 402 g/mol. The van der Waals surface area contributed by atoms with Crippen LogP contribution in [0.3, 0.4) is 0 Å². The molecule has 2 aromatic carbocycles. The number of fused-ring (bicyclic) bond motifs is 1. The second kappa shape index (κ2) is 7.81. The summed E-state index contributed by atoms with van der Waals surface area (Å²) in [5.74, 6) is 0.971. The zero-order valence-corrected chi connectivity index (χ0v) is 16.2. The second-order valence-corrected chi connectivity index (χ2v) is 8.73. The lowest BCUT2D eigenvalue weighted by molar-refractivity contribution is 0.0949. The molecule has 0 aliphatic carbocycles. The summed E-state index contributed by atoms with van der Waals surface area (Å²) in [4.78, 5) is 12.7. The minimum atomic E-state index is -3.42. The molecule has 0 atom stereocenters. The van der Waals surface area contributed by atoms with Gasteiger partial charge in [0.15, 0.2) is 11.5 Å². The molecule has 2 aliphatic heterocycles. The van der Waals surface area contributed by atoms with Gasteiger partial charge in [-0.05, 0) is 48.7 Å². The van der Waals surface area contributed by atoms with E-state index in [0.717, 1.165) is 18.4 Å². The lowest BCUT2D eigenvalue weighted by atomic mass is 10.1. The van der Waals surface area contributed by atoms with Crippen LogP contribution < -0.4 is 14.8 Å². The quantitative estimate of drug-likeness (QED) is 0.829. The van der Waals surface area contributed by atoms with Crippen LogP contribution in [0.4, 0.5) is 0 Å². The van der Waals surface area contributed by atoms with Crippen LogP contribution in [0, 0.1) is 0 Å². The first-order chi connectivity index (χ1) is 13.5. The third-order valence-corrected chi connectivity index (χ3v) is 6.80. The van der Waals surface area contributed by atoms with E-state index in [4.69, 9.17) is 9.47 Å². The number of nitrogens with zero attached hydrogens (tertiary/aromatic N) is 1. The van der Waals surface area contributed by atoms with Gasteiger partial charge in [0.2, 0.25) is 10.0 Å². The van der Waals surface area contributed by atoms with E-state index in [-0.39, 0.29) is 10.8 Å². The van der Waals surface area contributed by atoms with Gasteiger partial charge in [0.1, 0.15) is 13.2 Å². The number of rotatable bonds is 5. The van der Waals surface area contributed by atoms with Gasteiger partial charge >= 0.3 is 0 Å². The van der Waals surface area contributed by atoms with Crippen molar-refractivity contribution in [2.75, 3.05) is 26.3 Å². The van der Waals surface area contributed by atoms with E-state index in [9.17, 15) is 13.2 Å². The lowest BCUT2D eigenvalue weighted by Crippen LogP contribution is -2.28. The molecule has 1 fully saturated rings. The molecule has 2 heterocycles. The molecule has 8 heteroatoms. The van der Waals surface area contributed by atoms with Gasteiger partial charge in [-0.2, -0.15) is 4.31 Å². The van der Waals surface area contributed by atoms with Crippen molar-refractivity contribution in [1.29, 1.82) is 0 Å². The Kier molecular flexibility index (Phi) is 5.23. The van der Waals surface area contributed by atoms with Crippen molar-refractivity contribution in [3.05, 3.63) is 53.6 Å². The molecule has 28 heavy (non-hydrogen) atoms. The van der Waals surface area contributed by atoms with E-state index in [1.54, 1.807) is 42.5 Å². The van der Waals surface area contributed by atoms with Gasteiger partial charge in [0.25, 0.3) is 5.91 Å². The van der Waals surface area contributed by atoms with E-state index in [1.807, 2.05) is 0 Å². The summed E-state index contributed by atoms with van der Waals surface area (Å²) in [6, 6.07) is 11.7. The summed E-state index contributed by atoms with van der Waals surface area (Å²) >= 11 is 0. The van der Waals surface area contributed by atoms with Crippen LogP contribution in [0.5, 0.6) is 11.5 Å². The number of benzene rings is 2. The summed E-state index contributed by atoms with van der Waals surface area (Å²) < 4.78 is 37.6. The molecule has 1 saturated heterocycles. The Labute approximate surface area is 164 Å². The molecule has 0 saturated carbocycles. The highest BCUT2D eigenvalue weighted by atomic mass is 32.2. The van der Waals surface area contributed by atoms with Gasteiger partial charge in [0.05, 0.1) is 4.90 Å². The summed E-state index contributed by atoms with van der Waals surface area (Å²) in [6.45, 7) is 2.43. The molecule has 4 rings (SSSR count). The highest BCUT2D eigenvalue weighted by Crippen LogP contribution is 2.30. The van der Waals surface area contributed by atoms with Gasteiger partial charge < -0.3 is 14.8 Å². The van der Waals surface area contributed by atoms with Gasteiger partial charge in [-0.15, -0.1) is 0 Å². The predicted molar refractivity (Wildman–Crippen MR) is 103 cm³/mol. The number of amides is 1. The fraction of sp³-hybridized carbons (Fsp3) is 0.350. The molecule has 2 aliphatic rings. The predicted octanol–water partition coefficient (Wildman–Crippen LogP) is 2.17. The van der Waals surface area contributed by atoms with Crippen LogP contribution in [-0.4, -0.2) is 44.9 Å². The first kappa shape index (κ1) is 18.8. The average Bonchev–Trinajstić information content (AvgIpc) is 3.28. The molecule has 7 nitrogen and oxygen atoms in total. The molecule has 0 radical (unpaired) electrons. The largest absolute Gasteiger partial charge is 0.486 e. The number of carbonyl (C=O) groups excluding carboxylic acids is 1. The third-order valence-electron chi connectivity index (χ3n) is 4.88. The van der Waals surface area contributed by atoms with Gasteiger partial charge in [-0.25, -0.2) is 8.42 Å². The fourth-order valence-corrected chi connectivity index (χ4v) is 4.84. The molecule has 0 spiro atoms. The zero-order valence-electron chi connectivity index (χ0n) is 15.4. The molecule has 2 aromatic rings. The highest BCUT2D eigenvalue weighted by molar-refractivity contribution is 7.89. The SMILES string of the molecule is O=C(NCc1ccc(S(=O)(=O)N2CCCC2)cc1)c1ccc2c(c1)OCCO2. The highest BCUT2D eigenvalue weighted by Gasteiger charge is 2.26. The van der Waals surface area contributed by atoms with Gasteiger partial charge in [-0.3, -0.25) is 4.79 Å². The Hall–Kier alpha value is -2.58. The standard InChI is InChI=1S/C20H22N2O5S/c23-20(16-5-8-18-19(13-16)27-12-11-26-18)21-14-15-3-6-17(7-4-15)28(24,25)22-9-1-2-10-22/h3-8,13H,1-2,9-12,14H2,(H,21,23). The first-order valence-corrected chi connectivity index (χ1v) is 10.7. The molecule has 0 aromatic heterocycles. The molecule has 0 unspecified atom stereocenters. The van der Waals surface area contributed by atoms with Crippen molar-refractivity contribution in [3.8, 4) is 11.5 Å². The Morgan fingerprint density at radius 3 is 2.36 bits per heavy atom. The number of hydrogen-bond acceptors (Lipinski definition) is 5. The van der Waals surface area contributed by atoms with Gasteiger partial charge in [-0.1, -0.05) is 12.1 Å². The lowest BCUT2D eigenvalue weighted by Gasteiger charge is -2.18. The van der Waals surface area contributed by atoms with Crippen LogP contribution >= 0.6 is 0 Å². The Bertz CT molecular complexity index is 967. The molecular weight excluding hydrogens is 380 g/mol. The van der Waals surface area contributed by atoms with Crippen LogP contribution in [0.15, 0.2) is 47.4 Å². The van der Waals surface area contributed by atoms with Crippen LogP contribution in [0.25, 0.3) is 0 Å². The maximum Gasteiger partial charge on any atom is 0.251 e. The number of nitrogens with one attached hydrogen (secondary N) is 1. The number of hydrogen-bond donors (Lipinski definition) is 1. The van der Waals surface area contributed by atoms with Crippen LogP contribution in [0.2, 0.25) is 0 Å². The molecule has 0 bridgehead atoms. The minimum absolute atomic E-state index is 0.231. The third kappa shape index (κ3) is 3.83. The van der Waals surface area contributed by atoms with Crippen molar-refractivity contribution in [2.45, 2.75) is 24.3 Å². The molecule has 1 N–H and O–H groups in total. The number of ether oxygens (including phenoxy) is 2. The van der Waals surface area contributed by atoms with Crippen molar-refractivity contribution < 1.29 is 22.7 Å². The van der Waals surface area contributed by atoms with Crippen molar-refractivity contribution in [1.82, 2.24) is 9.62 Å². The first-order valence-electron chi connectivity index (χ1n) is 9.31. The van der Waals surface area contributed by atoms with Crippen molar-refractivity contribution in [3.63, 3.8) is 0 Å². The molecule has 148 valence electrons. The van der Waals surface area contributed by atoms with Gasteiger partial charge in [0, 0.05) is 25.2 Å². The van der Waals surface area contributed by atoms with E-state index in [2.05, 4.69) is 5.32 Å². The molecular formula is C20H22N2O5S. The van der Waals surface area contributed by atoms with E-state index in [1.165, 1.54) is 4.31 Å². The summed E-state index contributed by atoms with van der Waals surface area (Å²) in [5.41, 5.74) is 1.31. The maximum absolute atomic E-state index is 12.5. The topological polar surface area (TPSA) is 84.9 Å². The second-order valence-electron chi connectivity index (χ2n) is 6.80. The molecule has 1 amide bonds. The normalized spacial score (nSPS) is 16.7. The van der Waals surface area contributed by atoms with Crippen molar-refractivity contribution in [2.24, 2.45) is 0 Å². The smallest absolute Gasteiger partial charge is 0.251 e. The fourth-order valence-electron chi connectivity index (χ4n) is 3.33. The van der Waals surface area contributed by atoms with Crippen LogP contribution in [0.1, 0.15) is 28.8 Å². The minimum Gasteiger partial charge on any atom is -0.486 e. The van der Waals surface area contributed by atoms with E-state index < -0.39 is 10.0 Å². The monoisotopic (exact) mass is 402 g/mol.